The smallest absolute Gasteiger partial charge is 0.220 e. The molecule has 1 aliphatic heterocycles. The van der Waals surface area contributed by atoms with Crippen molar-refractivity contribution in [3.05, 3.63) is 30.1 Å². The van der Waals surface area contributed by atoms with Crippen molar-refractivity contribution >= 4 is 5.91 Å². The number of carbonyl (C=O) groups excluding carboxylic acids is 1. The highest BCUT2D eigenvalue weighted by Crippen LogP contribution is 2.32. The topological polar surface area (TPSA) is 51.2 Å². The van der Waals surface area contributed by atoms with E-state index in [9.17, 15) is 4.79 Å². The number of nitrogens with zero attached hydrogens (tertiary/aromatic N) is 1. The van der Waals surface area contributed by atoms with Gasteiger partial charge in [0.2, 0.25) is 5.91 Å². The number of hydrogen-bond donors (Lipinski definition) is 1. The van der Waals surface area contributed by atoms with E-state index in [4.69, 9.17) is 4.74 Å². The molecule has 4 heteroatoms. The molecule has 2 heterocycles. The van der Waals surface area contributed by atoms with E-state index >= 15 is 0 Å². The van der Waals surface area contributed by atoms with Gasteiger partial charge < -0.3 is 10.1 Å². The summed E-state index contributed by atoms with van der Waals surface area (Å²) in [4.78, 5) is 15.9. The van der Waals surface area contributed by atoms with Crippen LogP contribution in [0.2, 0.25) is 0 Å². The van der Waals surface area contributed by atoms with E-state index in [0.717, 1.165) is 13.0 Å². The highest BCUT2D eigenvalue weighted by atomic mass is 16.5. The Morgan fingerprint density at radius 2 is 2.11 bits per heavy atom. The molecule has 1 saturated heterocycles. The minimum atomic E-state index is 0.166. The molecule has 1 aromatic heterocycles. The Hall–Kier alpha value is -1.42. The zero-order chi connectivity index (χ0) is 13.1. The molecule has 1 saturated carbocycles. The number of nitrogens with one attached hydrogen (secondary N) is 1. The van der Waals surface area contributed by atoms with E-state index < -0.39 is 0 Å². The zero-order valence-electron chi connectivity index (χ0n) is 11.0. The molecule has 3 rings (SSSR count). The van der Waals surface area contributed by atoms with Gasteiger partial charge in [-0.25, -0.2) is 0 Å². The number of hydrogen-bond acceptors (Lipinski definition) is 3. The Labute approximate surface area is 113 Å². The Bertz CT molecular complexity index is 431. The van der Waals surface area contributed by atoms with Gasteiger partial charge in [-0.3, -0.25) is 9.78 Å². The molecule has 1 aromatic rings. The molecule has 1 N–H and O–H groups in total. The van der Waals surface area contributed by atoms with E-state index in [0.29, 0.717) is 24.9 Å². The predicted molar refractivity (Wildman–Crippen MR) is 71.5 cm³/mol. The van der Waals surface area contributed by atoms with Crippen molar-refractivity contribution in [2.45, 2.75) is 31.7 Å². The van der Waals surface area contributed by atoms with Gasteiger partial charge >= 0.3 is 0 Å². The number of aromatic nitrogens is 1. The molecule has 0 unspecified atom stereocenters. The van der Waals surface area contributed by atoms with Crippen LogP contribution in [0.5, 0.6) is 0 Å². The molecule has 2 atom stereocenters. The van der Waals surface area contributed by atoms with Crippen LogP contribution in [0, 0.1) is 11.8 Å². The monoisotopic (exact) mass is 260 g/mol. The summed E-state index contributed by atoms with van der Waals surface area (Å²) in [5.41, 5.74) is 1.26. The Balaban J connectivity index is 1.53. The molecular formula is C15H20N2O2. The van der Waals surface area contributed by atoms with Crippen molar-refractivity contribution in [2.24, 2.45) is 11.8 Å². The maximum Gasteiger partial charge on any atom is 0.220 e. The van der Waals surface area contributed by atoms with Gasteiger partial charge in [-0.2, -0.15) is 0 Å². The molecule has 2 fully saturated rings. The molecule has 1 amide bonds. The summed E-state index contributed by atoms with van der Waals surface area (Å²) in [7, 11) is 0. The molecule has 0 bridgehead atoms. The van der Waals surface area contributed by atoms with E-state index in [-0.39, 0.29) is 11.9 Å². The lowest BCUT2D eigenvalue weighted by molar-refractivity contribution is -0.122. The lowest BCUT2D eigenvalue weighted by Crippen LogP contribution is -2.40. The highest BCUT2D eigenvalue weighted by Gasteiger charge is 2.31. The van der Waals surface area contributed by atoms with E-state index in [2.05, 4.69) is 10.3 Å². The normalized spacial score (nSPS) is 26.3. The van der Waals surface area contributed by atoms with Crippen molar-refractivity contribution in [1.82, 2.24) is 10.3 Å². The van der Waals surface area contributed by atoms with E-state index in [1.54, 1.807) is 0 Å². The van der Waals surface area contributed by atoms with Crippen LogP contribution in [-0.2, 0) is 16.0 Å². The Morgan fingerprint density at radius 1 is 1.32 bits per heavy atom. The average Bonchev–Trinajstić information content (AvgIpc) is 3.12. The first-order chi connectivity index (χ1) is 9.31. The van der Waals surface area contributed by atoms with Crippen LogP contribution in [0.3, 0.4) is 0 Å². The summed E-state index contributed by atoms with van der Waals surface area (Å²) in [6.45, 7) is 1.38. The van der Waals surface area contributed by atoms with Crippen molar-refractivity contribution in [2.75, 3.05) is 13.2 Å². The fraction of sp³-hybridized carbons (Fsp3) is 0.600. The summed E-state index contributed by atoms with van der Waals surface area (Å²) in [6.07, 6.45) is 7.69. The number of amides is 1. The lowest BCUT2D eigenvalue weighted by atomic mass is 9.95. The highest BCUT2D eigenvalue weighted by molar-refractivity contribution is 5.76. The fourth-order valence-corrected chi connectivity index (χ4v) is 2.63. The average molecular weight is 260 g/mol. The van der Waals surface area contributed by atoms with Gasteiger partial charge in [-0.05, 0) is 42.9 Å². The summed E-state index contributed by atoms with van der Waals surface area (Å²) in [5, 5.41) is 3.14. The van der Waals surface area contributed by atoms with Crippen molar-refractivity contribution in [3.8, 4) is 0 Å². The number of rotatable bonds is 5. The summed E-state index contributed by atoms with van der Waals surface area (Å²) < 4.78 is 5.53. The number of ether oxygens (including phenoxy) is 1. The maximum absolute atomic E-state index is 11.9. The second-order valence-corrected chi connectivity index (χ2v) is 5.68. The SMILES string of the molecule is O=C(CC1CC1)N[C@@H]1COC[C@H]1Cc1ccncc1. The fourth-order valence-electron chi connectivity index (χ4n) is 2.63. The number of carbonyl (C=O) groups is 1. The van der Waals surface area contributed by atoms with Crippen molar-refractivity contribution in [3.63, 3.8) is 0 Å². The molecule has 0 radical (unpaired) electrons. The van der Waals surface area contributed by atoms with Gasteiger partial charge in [-0.15, -0.1) is 0 Å². The first-order valence-corrected chi connectivity index (χ1v) is 7.07. The molecule has 4 nitrogen and oxygen atoms in total. The first kappa shape index (κ1) is 12.6. The van der Waals surface area contributed by atoms with Gasteiger partial charge in [0.15, 0.2) is 0 Å². The third-order valence-electron chi connectivity index (χ3n) is 3.96. The van der Waals surface area contributed by atoms with Crippen molar-refractivity contribution < 1.29 is 9.53 Å². The summed E-state index contributed by atoms with van der Waals surface area (Å²) >= 11 is 0. The van der Waals surface area contributed by atoms with Crippen molar-refractivity contribution in [1.29, 1.82) is 0 Å². The van der Waals surface area contributed by atoms with Gasteiger partial charge in [0, 0.05) is 24.7 Å². The number of pyridine rings is 1. The minimum absolute atomic E-state index is 0.166. The standard InChI is InChI=1S/C15H20N2O2/c18-15(8-11-1-2-11)17-14-10-19-9-13(14)7-12-3-5-16-6-4-12/h3-6,11,13-14H,1-2,7-10H2,(H,17,18)/t13-,14-/m1/s1. The predicted octanol–water partition coefficient (Wildman–Crippen LogP) is 1.56. The van der Waals surface area contributed by atoms with Crippen LogP contribution >= 0.6 is 0 Å². The van der Waals surface area contributed by atoms with Crippen LogP contribution in [0.25, 0.3) is 0 Å². The maximum atomic E-state index is 11.9. The quantitative estimate of drug-likeness (QED) is 0.874. The van der Waals surface area contributed by atoms with Crippen LogP contribution < -0.4 is 5.32 Å². The lowest BCUT2D eigenvalue weighted by Gasteiger charge is -2.19. The molecule has 0 spiro atoms. The van der Waals surface area contributed by atoms with Crippen LogP contribution in [0.4, 0.5) is 0 Å². The van der Waals surface area contributed by atoms with Gasteiger partial charge in [0.05, 0.1) is 19.3 Å². The van der Waals surface area contributed by atoms with Crippen LogP contribution in [0.1, 0.15) is 24.8 Å². The molecule has 1 aliphatic carbocycles. The third kappa shape index (κ3) is 3.53. The van der Waals surface area contributed by atoms with Gasteiger partial charge in [0.25, 0.3) is 0 Å². The van der Waals surface area contributed by atoms with E-state index in [1.807, 2.05) is 24.5 Å². The van der Waals surface area contributed by atoms with Gasteiger partial charge in [-0.1, -0.05) is 0 Å². The zero-order valence-corrected chi connectivity index (χ0v) is 11.0. The van der Waals surface area contributed by atoms with E-state index in [1.165, 1.54) is 18.4 Å². The molecule has 0 aromatic carbocycles. The Morgan fingerprint density at radius 3 is 2.84 bits per heavy atom. The second kappa shape index (κ2) is 5.70. The van der Waals surface area contributed by atoms with Crippen LogP contribution in [0.15, 0.2) is 24.5 Å². The van der Waals surface area contributed by atoms with Crippen LogP contribution in [-0.4, -0.2) is 30.1 Å². The minimum Gasteiger partial charge on any atom is -0.379 e. The summed E-state index contributed by atoms with van der Waals surface area (Å²) in [5.74, 6) is 1.21. The Kier molecular flexibility index (Phi) is 3.78. The molecular weight excluding hydrogens is 240 g/mol. The molecule has 102 valence electrons. The molecule has 19 heavy (non-hydrogen) atoms. The summed E-state index contributed by atoms with van der Waals surface area (Å²) in [6, 6.07) is 4.22. The first-order valence-electron chi connectivity index (χ1n) is 7.07. The third-order valence-corrected chi connectivity index (χ3v) is 3.96. The molecule has 2 aliphatic rings. The van der Waals surface area contributed by atoms with Gasteiger partial charge in [0.1, 0.15) is 0 Å². The second-order valence-electron chi connectivity index (χ2n) is 5.68. The largest absolute Gasteiger partial charge is 0.379 e.